The number of carbonyl (C=O) groups is 1. The molecule has 1 N–H and O–H groups in total. The molecule has 0 spiro atoms. The standard InChI is InChI=1S/C15H21N5O2/c1-12(15(21)17-8-14-5-3-7-22-14)20-6-2-4-13(20)9-19-11-16-10-18-19/h3,5,7,10-13H,2,4,6,8-9H2,1H3,(H,17,21)/t12-,13-/m1/s1. The molecule has 0 aliphatic carbocycles. The molecule has 1 aliphatic rings. The summed E-state index contributed by atoms with van der Waals surface area (Å²) >= 11 is 0. The predicted molar refractivity (Wildman–Crippen MR) is 79.8 cm³/mol. The van der Waals surface area contributed by atoms with Gasteiger partial charge in [-0.3, -0.25) is 14.4 Å². The van der Waals surface area contributed by atoms with E-state index in [9.17, 15) is 4.79 Å². The lowest BCUT2D eigenvalue weighted by molar-refractivity contribution is -0.126. The van der Waals surface area contributed by atoms with E-state index in [1.165, 1.54) is 0 Å². The van der Waals surface area contributed by atoms with Crippen LogP contribution in [0.3, 0.4) is 0 Å². The molecule has 3 rings (SSSR count). The molecule has 2 atom stereocenters. The Morgan fingerprint density at radius 1 is 1.59 bits per heavy atom. The van der Waals surface area contributed by atoms with E-state index >= 15 is 0 Å². The summed E-state index contributed by atoms with van der Waals surface area (Å²) in [6.45, 7) is 4.10. The van der Waals surface area contributed by atoms with E-state index in [4.69, 9.17) is 4.42 Å². The Kier molecular flexibility index (Phi) is 4.53. The van der Waals surface area contributed by atoms with Crippen molar-refractivity contribution in [3.05, 3.63) is 36.8 Å². The number of likely N-dealkylation sites (tertiary alicyclic amines) is 1. The molecule has 0 radical (unpaired) electrons. The van der Waals surface area contributed by atoms with Crippen LogP contribution in [0, 0.1) is 0 Å². The third kappa shape index (κ3) is 3.36. The molecule has 1 amide bonds. The first-order valence-corrected chi connectivity index (χ1v) is 7.62. The highest BCUT2D eigenvalue weighted by Gasteiger charge is 2.32. The maximum absolute atomic E-state index is 12.3. The van der Waals surface area contributed by atoms with E-state index < -0.39 is 0 Å². The first-order chi connectivity index (χ1) is 10.7. The molecule has 1 aliphatic heterocycles. The van der Waals surface area contributed by atoms with Crippen molar-refractivity contribution in [1.82, 2.24) is 25.0 Å². The highest BCUT2D eigenvalue weighted by molar-refractivity contribution is 5.81. The average Bonchev–Trinajstić information content (AvgIpc) is 3.27. The fourth-order valence-electron chi connectivity index (χ4n) is 2.99. The van der Waals surface area contributed by atoms with Crippen LogP contribution in [-0.2, 0) is 17.9 Å². The molecule has 1 saturated heterocycles. The number of rotatable bonds is 6. The Morgan fingerprint density at radius 2 is 2.50 bits per heavy atom. The van der Waals surface area contributed by atoms with Crippen molar-refractivity contribution >= 4 is 5.91 Å². The van der Waals surface area contributed by atoms with Gasteiger partial charge in [-0.15, -0.1) is 0 Å². The quantitative estimate of drug-likeness (QED) is 0.863. The molecule has 118 valence electrons. The molecular weight excluding hydrogens is 282 g/mol. The summed E-state index contributed by atoms with van der Waals surface area (Å²) in [7, 11) is 0. The lowest BCUT2D eigenvalue weighted by atomic mass is 10.2. The average molecular weight is 303 g/mol. The van der Waals surface area contributed by atoms with Crippen LogP contribution in [0.25, 0.3) is 0 Å². The number of amides is 1. The number of hydrogen-bond donors (Lipinski definition) is 1. The molecule has 2 aromatic rings. The SMILES string of the molecule is C[C@H](C(=O)NCc1ccco1)N1CCC[C@@H]1Cn1cncn1. The number of aromatic nitrogens is 3. The van der Waals surface area contributed by atoms with Crippen molar-refractivity contribution in [3.8, 4) is 0 Å². The van der Waals surface area contributed by atoms with Gasteiger partial charge in [-0.1, -0.05) is 0 Å². The highest BCUT2D eigenvalue weighted by Crippen LogP contribution is 2.21. The monoisotopic (exact) mass is 303 g/mol. The molecule has 22 heavy (non-hydrogen) atoms. The highest BCUT2D eigenvalue weighted by atomic mass is 16.3. The number of nitrogens with zero attached hydrogens (tertiary/aromatic N) is 4. The van der Waals surface area contributed by atoms with E-state index in [2.05, 4.69) is 20.3 Å². The molecule has 1 fully saturated rings. The summed E-state index contributed by atoms with van der Waals surface area (Å²) in [4.78, 5) is 18.6. The van der Waals surface area contributed by atoms with Gasteiger partial charge in [0.05, 0.1) is 25.4 Å². The molecule has 0 aromatic carbocycles. The molecule has 0 saturated carbocycles. The van der Waals surface area contributed by atoms with E-state index in [-0.39, 0.29) is 11.9 Å². The van der Waals surface area contributed by atoms with Crippen LogP contribution in [0.4, 0.5) is 0 Å². The summed E-state index contributed by atoms with van der Waals surface area (Å²) in [5, 5.41) is 7.09. The predicted octanol–water partition coefficient (Wildman–Crippen LogP) is 1.04. The van der Waals surface area contributed by atoms with Gasteiger partial charge in [-0.2, -0.15) is 5.10 Å². The summed E-state index contributed by atoms with van der Waals surface area (Å²) in [5.41, 5.74) is 0. The van der Waals surface area contributed by atoms with Gasteiger partial charge in [-0.25, -0.2) is 4.98 Å². The maximum Gasteiger partial charge on any atom is 0.237 e. The maximum atomic E-state index is 12.3. The number of carbonyl (C=O) groups excluding carboxylic acids is 1. The summed E-state index contributed by atoms with van der Waals surface area (Å²) < 4.78 is 7.06. The second-order valence-electron chi connectivity index (χ2n) is 5.62. The topological polar surface area (TPSA) is 76.2 Å². The Labute approximate surface area is 129 Å². The minimum atomic E-state index is -0.161. The lowest BCUT2D eigenvalue weighted by Crippen LogP contribution is -2.48. The Bertz CT molecular complexity index is 581. The van der Waals surface area contributed by atoms with E-state index in [0.29, 0.717) is 12.6 Å². The summed E-state index contributed by atoms with van der Waals surface area (Å²) in [6, 6.07) is 3.84. The van der Waals surface area contributed by atoms with Gasteiger partial charge in [0.1, 0.15) is 18.4 Å². The van der Waals surface area contributed by atoms with Crippen LogP contribution in [-0.4, -0.2) is 44.2 Å². The molecular formula is C15H21N5O2. The van der Waals surface area contributed by atoms with Crippen molar-refractivity contribution < 1.29 is 9.21 Å². The van der Waals surface area contributed by atoms with Crippen molar-refractivity contribution in [2.24, 2.45) is 0 Å². The van der Waals surface area contributed by atoms with Crippen molar-refractivity contribution in [2.45, 2.75) is 44.9 Å². The van der Waals surface area contributed by atoms with E-state index in [1.807, 2.05) is 23.7 Å². The Morgan fingerprint density at radius 3 is 3.23 bits per heavy atom. The number of furan rings is 1. The van der Waals surface area contributed by atoms with Crippen molar-refractivity contribution in [2.75, 3.05) is 6.54 Å². The van der Waals surface area contributed by atoms with Crippen LogP contribution >= 0.6 is 0 Å². The first-order valence-electron chi connectivity index (χ1n) is 7.62. The van der Waals surface area contributed by atoms with Gasteiger partial charge in [0, 0.05) is 6.04 Å². The smallest absolute Gasteiger partial charge is 0.237 e. The molecule has 2 aromatic heterocycles. The fourth-order valence-corrected chi connectivity index (χ4v) is 2.99. The van der Waals surface area contributed by atoms with E-state index in [0.717, 1.165) is 31.7 Å². The number of hydrogen-bond acceptors (Lipinski definition) is 5. The normalized spacial score (nSPS) is 20.1. The minimum absolute atomic E-state index is 0.0295. The molecule has 0 bridgehead atoms. The van der Waals surface area contributed by atoms with Crippen molar-refractivity contribution in [3.63, 3.8) is 0 Å². The van der Waals surface area contributed by atoms with Gasteiger partial charge in [0.25, 0.3) is 0 Å². The van der Waals surface area contributed by atoms with Gasteiger partial charge in [-0.05, 0) is 38.4 Å². The summed E-state index contributed by atoms with van der Waals surface area (Å²) in [5.74, 6) is 0.794. The van der Waals surface area contributed by atoms with Gasteiger partial charge < -0.3 is 9.73 Å². The third-order valence-corrected chi connectivity index (χ3v) is 4.18. The van der Waals surface area contributed by atoms with Crippen molar-refractivity contribution in [1.29, 1.82) is 0 Å². The fraction of sp³-hybridized carbons (Fsp3) is 0.533. The Balaban J connectivity index is 1.55. The first kappa shape index (κ1) is 14.8. The van der Waals surface area contributed by atoms with Gasteiger partial charge in [0.2, 0.25) is 5.91 Å². The molecule has 7 heteroatoms. The summed E-state index contributed by atoms with van der Waals surface area (Å²) in [6.07, 6.45) is 7.06. The zero-order chi connectivity index (χ0) is 15.4. The molecule has 7 nitrogen and oxygen atoms in total. The van der Waals surface area contributed by atoms with Gasteiger partial charge >= 0.3 is 0 Å². The Hall–Kier alpha value is -2.15. The second kappa shape index (κ2) is 6.74. The zero-order valence-corrected chi connectivity index (χ0v) is 12.7. The third-order valence-electron chi connectivity index (χ3n) is 4.18. The van der Waals surface area contributed by atoms with Gasteiger partial charge in [0.15, 0.2) is 0 Å². The molecule has 0 unspecified atom stereocenters. The largest absolute Gasteiger partial charge is 0.467 e. The van der Waals surface area contributed by atoms with Crippen LogP contribution in [0.2, 0.25) is 0 Å². The zero-order valence-electron chi connectivity index (χ0n) is 12.7. The molecule has 3 heterocycles. The lowest BCUT2D eigenvalue weighted by Gasteiger charge is -2.29. The van der Waals surface area contributed by atoms with Crippen LogP contribution in [0.5, 0.6) is 0 Å². The van der Waals surface area contributed by atoms with Crippen LogP contribution in [0.15, 0.2) is 35.5 Å². The second-order valence-corrected chi connectivity index (χ2v) is 5.62. The van der Waals surface area contributed by atoms with Crippen LogP contribution < -0.4 is 5.32 Å². The van der Waals surface area contributed by atoms with Crippen LogP contribution in [0.1, 0.15) is 25.5 Å². The van der Waals surface area contributed by atoms with E-state index in [1.54, 1.807) is 18.9 Å². The minimum Gasteiger partial charge on any atom is -0.467 e. The number of nitrogens with one attached hydrogen (secondary N) is 1.